The molecule has 19 heavy (non-hydrogen) atoms. The molecule has 0 saturated carbocycles. The molecule has 0 heterocycles. The van der Waals surface area contributed by atoms with E-state index in [2.05, 4.69) is 11.8 Å². The van der Waals surface area contributed by atoms with Gasteiger partial charge in [-0.2, -0.15) is 0 Å². The van der Waals surface area contributed by atoms with E-state index in [0.29, 0.717) is 5.75 Å². The molecule has 1 aliphatic carbocycles. The quantitative estimate of drug-likeness (QED) is 0.632. The van der Waals surface area contributed by atoms with Gasteiger partial charge in [-0.15, -0.1) is 0 Å². The molecule has 1 rings (SSSR count). The molecular formula is C16H19NOS. The van der Waals surface area contributed by atoms with Crippen molar-refractivity contribution in [3.8, 4) is 11.8 Å². The van der Waals surface area contributed by atoms with E-state index in [0.717, 1.165) is 23.3 Å². The third-order valence-electron chi connectivity index (χ3n) is 2.45. The summed E-state index contributed by atoms with van der Waals surface area (Å²) in [5, 5.41) is 0. The van der Waals surface area contributed by atoms with Crippen molar-refractivity contribution in [3.63, 3.8) is 0 Å². The molecule has 0 aromatic heterocycles. The van der Waals surface area contributed by atoms with Crippen molar-refractivity contribution >= 4 is 10.8 Å². The van der Waals surface area contributed by atoms with Crippen LogP contribution < -0.4 is 5.73 Å². The Hall–Kier alpha value is -1.79. The van der Waals surface area contributed by atoms with Crippen LogP contribution in [0.2, 0.25) is 0 Å². The fourth-order valence-corrected chi connectivity index (χ4v) is 2.59. The Morgan fingerprint density at radius 1 is 1.42 bits per heavy atom. The molecule has 2 N–H and O–H groups in total. The Bertz CT molecular complexity index is 525. The number of hydrogen-bond donors (Lipinski definition) is 1. The average molecular weight is 273 g/mol. The molecule has 0 fully saturated rings. The van der Waals surface area contributed by atoms with Crippen molar-refractivity contribution in [1.82, 2.24) is 0 Å². The standard InChI is InChI=1S/C16H19NOS/c1-2-3-6-14-19(18)16-10-7-9-15(11-12-16)8-4-5-13-17/h2-3,5,9-13H,6-7,14,17H2,1H3/b3-2+,13-5+. The Morgan fingerprint density at radius 3 is 3.00 bits per heavy atom. The van der Waals surface area contributed by atoms with Gasteiger partial charge >= 0.3 is 0 Å². The summed E-state index contributed by atoms with van der Waals surface area (Å²) in [5.74, 6) is 6.49. The molecule has 0 radical (unpaired) electrons. The summed E-state index contributed by atoms with van der Waals surface area (Å²) in [4.78, 5) is 0.881. The van der Waals surface area contributed by atoms with E-state index < -0.39 is 10.8 Å². The molecule has 1 aliphatic rings. The highest BCUT2D eigenvalue weighted by Gasteiger charge is 2.05. The second-order valence-electron chi connectivity index (χ2n) is 3.87. The second-order valence-corrected chi connectivity index (χ2v) is 5.44. The predicted molar refractivity (Wildman–Crippen MR) is 83.5 cm³/mol. The van der Waals surface area contributed by atoms with Gasteiger partial charge in [0.2, 0.25) is 0 Å². The van der Waals surface area contributed by atoms with Gasteiger partial charge in [0.05, 0.1) is 10.8 Å². The Labute approximate surface area is 117 Å². The molecule has 0 amide bonds. The zero-order valence-corrected chi connectivity index (χ0v) is 12.0. The van der Waals surface area contributed by atoms with Gasteiger partial charge in [0.15, 0.2) is 0 Å². The van der Waals surface area contributed by atoms with Gasteiger partial charge in [0.25, 0.3) is 0 Å². The maximum Gasteiger partial charge on any atom is 0.0529 e. The first-order chi connectivity index (χ1) is 9.27. The summed E-state index contributed by atoms with van der Waals surface area (Å²) in [6, 6.07) is 0. The topological polar surface area (TPSA) is 43.1 Å². The monoisotopic (exact) mass is 273 g/mol. The van der Waals surface area contributed by atoms with Crippen molar-refractivity contribution in [2.24, 2.45) is 5.73 Å². The predicted octanol–water partition coefficient (Wildman–Crippen LogP) is 2.95. The maximum absolute atomic E-state index is 12.1. The fourth-order valence-electron chi connectivity index (χ4n) is 1.50. The lowest BCUT2D eigenvalue weighted by Crippen LogP contribution is -1.97. The third kappa shape index (κ3) is 6.08. The number of hydrogen-bond acceptors (Lipinski definition) is 2. The highest BCUT2D eigenvalue weighted by Crippen LogP contribution is 2.14. The van der Waals surface area contributed by atoms with Crippen molar-refractivity contribution in [2.45, 2.75) is 19.8 Å². The zero-order chi connectivity index (χ0) is 13.9. The van der Waals surface area contributed by atoms with Crippen LogP contribution in [0.1, 0.15) is 19.8 Å². The molecule has 0 spiro atoms. The van der Waals surface area contributed by atoms with Gasteiger partial charge in [-0.05, 0) is 31.9 Å². The highest BCUT2D eigenvalue weighted by atomic mass is 32.2. The zero-order valence-electron chi connectivity index (χ0n) is 11.1. The number of allylic oxidation sites excluding steroid dienone is 8. The molecular weight excluding hydrogens is 254 g/mol. The van der Waals surface area contributed by atoms with Crippen LogP contribution in [-0.4, -0.2) is 9.96 Å². The molecule has 1 unspecified atom stereocenters. The van der Waals surface area contributed by atoms with E-state index in [1.165, 1.54) is 6.20 Å². The Morgan fingerprint density at radius 2 is 2.26 bits per heavy atom. The first-order valence-electron chi connectivity index (χ1n) is 6.24. The summed E-state index contributed by atoms with van der Waals surface area (Å²) in [5.41, 5.74) is 6.14. The van der Waals surface area contributed by atoms with Crippen LogP contribution in [0.15, 0.2) is 59.2 Å². The minimum Gasteiger partial charge on any atom is -0.404 e. The smallest absolute Gasteiger partial charge is 0.0529 e. The van der Waals surface area contributed by atoms with Gasteiger partial charge in [0.1, 0.15) is 0 Å². The number of rotatable bonds is 4. The molecule has 100 valence electrons. The summed E-state index contributed by atoms with van der Waals surface area (Å²) < 4.78 is 12.1. The van der Waals surface area contributed by atoms with E-state index >= 15 is 0 Å². The van der Waals surface area contributed by atoms with Gasteiger partial charge in [-0.1, -0.05) is 36.1 Å². The first-order valence-corrected chi connectivity index (χ1v) is 7.56. The first kappa shape index (κ1) is 15.3. The van der Waals surface area contributed by atoms with Gasteiger partial charge in [-0.25, -0.2) is 0 Å². The maximum atomic E-state index is 12.1. The van der Waals surface area contributed by atoms with Crippen LogP contribution in [0.25, 0.3) is 0 Å². The van der Waals surface area contributed by atoms with E-state index in [1.54, 1.807) is 6.08 Å². The van der Waals surface area contributed by atoms with E-state index in [1.807, 2.05) is 43.4 Å². The van der Waals surface area contributed by atoms with Crippen molar-refractivity contribution in [1.29, 1.82) is 0 Å². The summed E-state index contributed by atoms with van der Waals surface area (Å²) >= 11 is 0. The largest absolute Gasteiger partial charge is 0.404 e. The summed E-state index contributed by atoms with van der Waals surface area (Å²) in [6.45, 7) is 1.97. The molecule has 0 aliphatic heterocycles. The summed E-state index contributed by atoms with van der Waals surface area (Å²) in [6.07, 6.45) is 16.4. The number of nitrogens with two attached hydrogens (primary N) is 1. The van der Waals surface area contributed by atoms with E-state index in [9.17, 15) is 4.21 Å². The lowest BCUT2D eigenvalue weighted by Gasteiger charge is -1.99. The molecule has 0 aromatic carbocycles. The lowest BCUT2D eigenvalue weighted by atomic mass is 10.2. The molecule has 3 heteroatoms. The van der Waals surface area contributed by atoms with Gasteiger partial charge in [-0.3, -0.25) is 4.21 Å². The van der Waals surface area contributed by atoms with Gasteiger partial charge < -0.3 is 5.73 Å². The van der Waals surface area contributed by atoms with E-state index in [-0.39, 0.29) is 0 Å². The van der Waals surface area contributed by atoms with Crippen LogP contribution in [0.5, 0.6) is 0 Å². The molecule has 0 bridgehead atoms. The van der Waals surface area contributed by atoms with Crippen LogP contribution in [0, 0.1) is 11.8 Å². The van der Waals surface area contributed by atoms with Crippen LogP contribution in [-0.2, 0) is 10.8 Å². The normalized spacial score (nSPS) is 16.7. The minimum atomic E-state index is -0.934. The van der Waals surface area contributed by atoms with Crippen molar-refractivity contribution in [3.05, 3.63) is 59.2 Å². The fraction of sp³-hybridized carbons (Fsp3) is 0.250. The van der Waals surface area contributed by atoms with E-state index in [4.69, 9.17) is 5.73 Å². The van der Waals surface area contributed by atoms with Crippen molar-refractivity contribution in [2.75, 3.05) is 5.75 Å². The minimum absolute atomic E-state index is 0.664. The summed E-state index contributed by atoms with van der Waals surface area (Å²) in [7, 11) is -0.934. The van der Waals surface area contributed by atoms with Gasteiger partial charge in [0, 0.05) is 28.5 Å². The average Bonchev–Trinajstić information content (AvgIpc) is 2.65. The Kier molecular flexibility index (Phi) is 7.38. The highest BCUT2D eigenvalue weighted by molar-refractivity contribution is 7.89. The van der Waals surface area contributed by atoms with Crippen LogP contribution >= 0.6 is 0 Å². The lowest BCUT2D eigenvalue weighted by molar-refractivity contribution is 0.687. The molecule has 0 saturated heterocycles. The third-order valence-corrected chi connectivity index (χ3v) is 3.88. The van der Waals surface area contributed by atoms with Crippen LogP contribution in [0.4, 0.5) is 0 Å². The second kappa shape index (κ2) is 9.18. The van der Waals surface area contributed by atoms with Crippen LogP contribution in [0.3, 0.4) is 0 Å². The molecule has 0 aromatic rings. The molecule has 1 atom stereocenters. The van der Waals surface area contributed by atoms with Crippen molar-refractivity contribution < 1.29 is 4.21 Å². The molecule has 2 nitrogen and oxygen atoms in total. The Balaban J connectivity index is 2.63. The SMILES string of the molecule is C/C=C/CCS(=O)C1=CCC=C(C#C/C=C/N)C=C1.